The Morgan fingerprint density at radius 1 is 1.42 bits per heavy atom. The Bertz CT molecular complexity index is 491. The third-order valence-corrected chi connectivity index (χ3v) is 3.50. The highest BCUT2D eigenvalue weighted by Gasteiger charge is 2.21. The highest BCUT2D eigenvalue weighted by atomic mass is 127. The molecule has 0 bridgehead atoms. The molecule has 6 heteroatoms. The molecule has 0 saturated carbocycles. The largest absolute Gasteiger partial charge is 0.481 e. The van der Waals surface area contributed by atoms with Crippen LogP contribution in [0.2, 0.25) is 0 Å². The van der Waals surface area contributed by atoms with Crippen molar-refractivity contribution in [1.29, 1.82) is 0 Å². The van der Waals surface area contributed by atoms with Crippen LogP contribution in [0.15, 0.2) is 18.2 Å². The summed E-state index contributed by atoms with van der Waals surface area (Å²) in [6.45, 7) is 3.77. The van der Waals surface area contributed by atoms with Crippen molar-refractivity contribution in [3.8, 4) is 0 Å². The van der Waals surface area contributed by atoms with Crippen molar-refractivity contribution in [2.24, 2.45) is 0 Å². The summed E-state index contributed by atoms with van der Waals surface area (Å²) in [6.07, 6.45) is -0.109. The van der Waals surface area contributed by atoms with E-state index in [4.69, 9.17) is 5.11 Å². The lowest BCUT2D eigenvalue weighted by Gasteiger charge is -2.26. The fraction of sp³-hybridized carbons (Fsp3) is 0.385. The van der Waals surface area contributed by atoms with Crippen molar-refractivity contribution in [2.75, 3.05) is 6.54 Å². The van der Waals surface area contributed by atoms with Gasteiger partial charge in [0.05, 0.1) is 12.0 Å². The van der Waals surface area contributed by atoms with Crippen molar-refractivity contribution < 1.29 is 19.1 Å². The molecule has 0 aliphatic rings. The van der Waals surface area contributed by atoms with Crippen molar-refractivity contribution >= 4 is 34.5 Å². The van der Waals surface area contributed by atoms with E-state index in [1.807, 2.05) is 36.4 Å². The van der Waals surface area contributed by atoms with E-state index in [1.54, 1.807) is 0 Å². The molecule has 4 nitrogen and oxygen atoms in total. The van der Waals surface area contributed by atoms with Crippen LogP contribution >= 0.6 is 22.6 Å². The number of rotatable bonds is 5. The molecule has 1 N–H and O–H groups in total. The van der Waals surface area contributed by atoms with Gasteiger partial charge in [0.15, 0.2) is 0 Å². The molecule has 104 valence electrons. The Labute approximate surface area is 124 Å². The summed E-state index contributed by atoms with van der Waals surface area (Å²) in [5.41, 5.74) is 0.390. The molecule has 0 aliphatic heterocycles. The first-order valence-electron chi connectivity index (χ1n) is 5.80. The number of carboxylic acids is 1. The number of hydrogen-bond acceptors (Lipinski definition) is 2. The molecule has 1 aromatic carbocycles. The summed E-state index contributed by atoms with van der Waals surface area (Å²) in [7, 11) is 0. The van der Waals surface area contributed by atoms with Crippen molar-refractivity contribution in [3.05, 3.63) is 33.1 Å². The predicted octanol–water partition coefficient (Wildman–Crippen LogP) is 2.76. The average molecular weight is 379 g/mol. The Balaban J connectivity index is 2.95. The van der Waals surface area contributed by atoms with Crippen LogP contribution in [-0.2, 0) is 4.79 Å². The van der Waals surface area contributed by atoms with E-state index in [2.05, 4.69) is 0 Å². The van der Waals surface area contributed by atoms with Crippen molar-refractivity contribution in [3.63, 3.8) is 0 Å². The highest BCUT2D eigenvalue weighted by Crippen LogP contribution is 2.17. The molecule has 0 radical (unpaired) electrons. The number of benzene rings is 1. The van der Waals surface area contributed by atoms with Gasteiger partial charge < -0.3 is 10.0 Å². The van der Waals surface area contributed by atoms with Gasteiger partial charge in [-0.1, -0.05) is 0 Å². The fourth-order valence-electron chi connectivity index (χ4n) is 1.63. The van der Waals surface area contributed by atoms with Crippen LogP contribution in [0.3, 0.4) is 0 Å². The molecule has 1 amide bonds. The highest BCUT2D eigenvalue weighted by molar-refractivity contribution is 14.1. The van der Waals surface area contributed by atoms with E-state index in [0.717, 1.165) is 0 Å². The summed E-state index contributed by atoms with van der Waals surface area (Å²) in [4.78, 5) is 24.4. The predicted molar refractivity (Wildman–Crippen MR) is 77.5 cm³/mol. The maximum absolute atomic E-state index is 13.0. The van der Waals surface area contributed by atoms with Gasteiger partial charge in [-0.15, -0.1) is 0 Å². The van der Waals surface area contributed by atoms with E-state index < -0.39 is 11.8 Å². The zero-order valence-electron chi connectivity index (χ0n) is 10.7. The molecule has 0 saturated heterocycles. The third-order valence-electron chi connectivity index (χ3n) is 2.61. The van der Waals surface area contributed by atoms with Crippen LogP contribution < -0.4 is 0 Å². The Kier molecular flexibility index (Phi) is 5.71. The Morgan fingerprint density at radius 3 is 2.53 bits per heavy atom. The molecule has 0 spiro atoms. The molecule has 0 aliphatic carbocycles. The maximum atomic E-state index is 13.0. The molecule has 0 heterocycles. The number of aliphatic carboxylic acids is 1. The Hall–Kier alpha value is -1.18. The summed E-state index contributed by atoms with van der Waals surface area (Å²) >= 11 is 1.90. The normalized spacial score (nSPS) is 10.6. The van der Waals surface area contributed by atoms with Crippen LogP contribution in [-0.4, -0.2) is 34.5 Å². The lowest BCUT2D eigenvalue weighted by Crippen LogP contribution is -2.38. The minimum Gasteiger partial charge on any atom is -0.481 e. The zero-order valence-corrected chi connectivity index (χ0v) is 12.8. The second-order valence-corrected chi connectivity index (χ2v) is 5.52. The second-order valence-electron chi connectivity index (χ2n) is 4.36. The first kappa shape index (κ1) is 15.9. The van der Waals surface area contributed by atoms with E-state index in [-0.39, 0.29) is 24.9 Å². The van der Waals surface area contributed by atoms with Crippen LogP contribution in [0, 0.1) is 9.39 Å². The smallest absolute Gasteiger partial charge is 0.305 e. The van der Waals surface area contributed by atoms with E-state index >= 15 is 0 Å². The number of hydrogen-bond donors (Lipinski definition) is 1. The fourth-order valence-corrected chi connectivity index (χ4v) is 2.34. The number of carbonyl (C=O) groups excluding carboxylic acids is 1. The van der Waals surface area contributed by atoms with Crippen LogP contribution in [0.25, 0.3) is 0 Å². The van der Waals surface area contributed by atoms with Crippen molar-refractivity contribution in [1.82, 2.24) is 4.90 Å². The molecule has 1 aromatic rings. The average Bonchev–Trinajstić information content (AvgIpc) is 2.27. The number of carboxylic acid groups (broad SMARTS) is 1. The van der Waals surface area contributed by atoms with Gasteiger partial charge in [-0.3, -0.25) is 9.59 Å². The van der Waals surface area contributed by atoms with Gasteiger partial charge in [-0.25, -0.2) is 4.39 Å². The topological polar surface area (TPSA) is 57.6 Å². The van der Waals surface area contributed by atoms with Gasteiger partial charge in [0, 0.05) is 16.2 Å². The standard InChI is InChI=1S/C13H15FINO3/c1-8(2)16(6-5-12(17)18)13(19)10-4-3-9(14)7-11(10)15/h3-4,7-8H,5-6H2,1-2H3,(H,17,18). The molecule has 0 fully saturated rings. The molecule has 0 atom stereocenters. The number of halogens is 2. The van der Waals surface area contributed by atoms with Gasteiger partial charge in [0.25, 0.3) is 5.91 Å². The van der Waals surface area contributed by atoms with E-state index in [0.29, 0.717) is 9.13 Å². The second kappa shape index (κ2) is 6.83. The molecule has 0 unspecified atom stereocenters. The van der Waals surface area contributed by atoms with E-state index in [1.165, 1.54) is 23.1 Å². The van der Waals surface area contributed by atoms with Gasteiger partial charge in [-0.05, 0) is 54.6 Å². The van der Waals surface area contributed by atoms with Crippen LogP contribution in [0.5, 0.6) is 0 Å². The molecular formula is C13H15FINO3. The zero-order chi connectivity index (χ0) is 14.6. The molecular weight excluding hydrogens is 364 g/mol. The summed E-state index contributed by atoms with van der Waals surface area (Å²) in [5, 5.41) is 8.70. The molecule has 1 rings (SSSR count). The van der Waals surface area contributed by atoms with Gasteiger partial charge in [0.2, 0.25) is 0 Å². The van der Waals surface area contributed by atoms with Crippen molar-refractivity contribution in [2.45, 2.75) is 26.3 Å². The number of nitrogens with zero attached hydrogens (tertiary/aromatic N) is 1. The number of carbonyl (C=O) groups is 2. The first-order valence-corrected chi connectivity index (χ1v) is 6.88. The van der Waals surface area contributed by atoms with Crippen LogP contribution in [0.4, 0.5) is 4.39 Å². The SMILES string of the molecule is CC(C)N(CCC(=O)O)C(=O)c1ccc(F)cc1I. The number of amides is 1. The van der Waals surface area contributed by atoms with Gasteiger partial charge in [-0.2, -0.15) is 0 Å². The third kappa shape index (κ3) is 4.45. The minimum atomic E-state index is -0.952. The Morgan fingerprint density at radius 2 is 2.05 bits per heavy atom. The maximum Gasteiger partial charge on any atom is 0.305 e. The van der Waals surface area contributed by atoms with Gasteiger partial charge in [0.1, 0.15) is 5.82 Å². The monoisotopic (exact) mass is 379 g/mol. The van der Waals surface area contributed by atoms with E-state index in [9.17, 15) is 14.0 Å². The summed E-state index contributed by atoms with van der Waals surface area (Å²) < 4.78 is 13.5. The first-order chi connectivity index (χ1) is 8.82. The summed E-state index contributed by atoms with van der Waals surface area (Å²) in [5.74, 6) is -1.63. The minimum absolute atomic E-state index is 0.109. The molecule has 19 heavy (non-hydrogen) atoms. The lowest BCUT2D eigenvalue weighted by atomic mass is 10.1. The van der Waals surface area contributed by atoms with Gasteiger partial charge >= 0.3 is 5.97 Å². The lowest BCUT2D eigenvalue weighted by molar-refractivity contribution is -0.137. The van der Waals surface area contributed by atoms with Crippen LogP contribution in [0.1, 0.15) is 30.6 Å². The summed E-state index contributed by atoms with van der Waals surface area (Å²) in [6, 6.07) is 3.82. The molecule has 0 aromatic heterocycles. The quantitative estimate of drug-likeness (QED) is 0.801.